The van der Waals surface area contributed by atoms with E-state index in [1.165, 1.54) is 18.5 Å². The van der Waals surface area contributed by atoms with Crippen molar-refractivity contribution < 1.29 is 4.92 Å². The van der Waals surface area contributed by atoms with Gasteiger partial charge < -0.3 is 5.32 Å². The highest BCUT2D eigenvalue weighted by atomic mass is 16.6. The second kappa shape index (κ2) is 5.49. The predicted octanol–water partition coefficient (Wildman–Crippen LogP) is 2.55. The zero-order chi connectivity index (χ0) is 14.7. The maximum absolute atomic E-state index is 10.7. The molecule has 2 aromatic heterocycles. The maximum atomic E-state index is 10.7. The van der Waals surface area contributed by atoms with Crippen molar-refractivity contribution in [1.82, 2.24) is 15.0 Å². The van der Waals surface area contributed by atoms with Gasteiger partial charge in [-0.25, -0.2) is 15.0 Å². The van der Waals surface area contributed by atoms with Crippen LogP contribution in [0, 0.1) is 10.1 Å². The highest BCUT2D eigenvalue weighted by molar-refractivity contribution is 5.82. The SMILES string of the molecule is O=[N+]([O-])c1ccc2nc(NCc3ccncn3)ccc2c1. The Balaban J connectivity index is 1.81. The number of non-ortho nitro benzene ring substituents is 1. The topological polar surface area (TPSA) is 93.8 Å². The quantitative estimate of drug-likeness (QED) is 0.583. The van der Waals surface area contributed by atoms with Crippen LogP contribution < -0.4 is 5.32 Å². The molecule has 0 spiro atoms. The van der Waals surface area contributed by atoms with E-state index in [1.807, 2.05) is 6.07 Å². The summed E-state index contributed by atoms with van der Waals surface area (Å²) in [5, 5.41) is 14.6. The largest absolute Gasteiger partial charge is 0.364 e. The first-order valence-electron chi connectivity index (χ1n) is 6.26. The van der Waals surface area contributed by atoms with Gasteiger partial charge in [-0.1, -0.05) is 0 Å². The first kappa shape index (κ1) is 12.9. The Morgan fingerprint density at radius 3 is 2.86 bits per heavy atom. The summed E-state index contributed by atoms with van der Waals surface area (Å²) in [7, 11) is 0. The minimum Gasteiger partial charge on any atom is -0.364 e. The van der Waals surface area contributed by atoms with Gasteiger partial charge in [0.25, 0.3) is 5.69 Å². The Bertz CT molecular complexity index is 792. The van der Waals surface area contributed by atoms with Crippen LogP contribution in [0.15, 0.2) is 48.9 Å². The molecule has 0 radical (unpaired) electrons. The van der Waals surface area contributed by atoms with Crippen molar-refractivity contribution >= 4 is 22.4 Å². The zero-order valence-electron chi connectivity index (χ0n) is 10.9. The van der Waals surface area contributed by atoms with E-state index < -0.39 is 4.92 Å². The normalized spacial score (nSPS) is 10.5. The van der Waals surface area contributed by atoms with Crippen molar-refractivity contribution in [3.05, 3.63) is 64.7 Å². The molecule has 0 bridgehead atoms. The second-order valence-electron chi connectivity index (χ2n) is 4.38. The highest BCUT2D eigenvalue weighted by Gasteiger charge is 2.07. The van der Waals surface area contributed by atoms with Crippen molar-refractivity contribution in [3.63, 3.8) is 0 Å². The molecule has 1 aromatic carbocycles. The van der Waals surface area contributed by atoms with Crippen molar-refractivity contribution in [2.24, 2.45) is 0 Å². The monoisotopic (exact) mass is 281 g/mol. The number of rotatable bonds is 4. The van der Waals surface area contributed by atoms with E-state index in [2.05, 4.69) is 20.3 Å². The van der Waals surface area contributed by atoms with Crippen molar-refractivity contribution in [2.45, 2.75) is 6.54 Å². The van der Waals surface area contributed by atoms with E-state index in [1.54, 1.807) is 24.4 Å². The zero-order valence-corrected chi connectivity index (χ0v) is 10.9. The molecule has 0 amide bonds. The van der Waals surface area contributed by atoms with Crippen molar-refractivity contribution in [1.29, 1.82) is 0 Å². The molecule has 104 valence electrons. The van der Waals surface area contributed by atoms with Gasteiger partial charge >= 0.3 is 0 Å². The molecule has 3 aromatic rings. The summed E-state index contributed by atoms with van der Waals surface area (Å²) < 4.78 is 0. The van der Waals surface area contributed by atoms with Gasteiger partial charge in [0.1, 0.15) is 12.1 Å². The Morgan fingerprint density at radius 1 is 1.19 bits per heavy atom. The van der Waals surface area contributed by atoms with Crippen molar-refractivity contribution in [2.75, 3.05) is 5.32 Å². The lowest BCUT2D eigenvalue weighted by atomic mass is 10.2. The van der Waals surface area contributed by atoms with Crippen molar-refractivity contribution in [3.8, 4) is 0 Å². The van der Waals surface area contributed by atoms with E-state index in [-0.39, 0.29) is 5.69 Å². The Labute approximate surface area is 119 Å². The Morgan fingerprint density at radius 2 is 2.10 bits per heavy atom. The molecule has 0 atom stereocenters. The van der Waals surface area contributed by atoms with Gasteiger partial charge in [0.15, 0.2) is 0 Å². The standard InChI is InChI=1S/C14H11N5O2/c20-19(21)12-2-3-13-10(7-12)1-4-14(18-13)16-8-11-5-6-15-9-17-11/h1-7,9H,8H2,(H,16,18). The number of anilines is 1. The van der Waals surface area contributed by atoms with Crippen LogP contribution in [0.3, 0.4) is 0 Å². The third-order valence-corrected chi connectivity index (χ3v) is 2.98. The van der Waals surface area contributed by atoms with Crippen LogP contribution in [0.4, 0.5) is 11.5 Å². The lowest BCUT2D eigenvalue weighted by Crippen LogP contribution is -2.03. The van der Waals surface area contributed by atoms with E-state index >= 15 is 0 Å². The summed E-state index contributed by atoms with van der Waals surface area (Å²) >= 11 is 0. The van der Waals surface area contributed by atoms with Crippen LogP contribution in [0.5, 0.6) is 0 Å². The number of nitro groups is 1. The molecule has 2 heterocycles. The summed E-state index contributed by atoms with van der Waals surface area (Å²) in [6.07, 6.45) is 3.17. The molecule has 7 nitrogen and oxygen atoms in total. The first-order valence-corrected chi connectivity index (χ1v) is 6.26. The van der Waals surface area contributed by atoms with E-state index in [0.717, 1.165) is 11.1 Å². The third-order valence-electron chi connectivity index (χ3n) is 2.98. The molecule has 21 heavy (non-hydrogen) atoms. The lowest BCUT2D eigenvalue weighted by Gasteiger charge is -2.06. The fraction of sp³-hybridized carbons (Fsp3) is 0.0714. The van der Waals surface area contributed by atoms with Gasteiger partial charge in [-0.2, -0.15) is 0 Å². The number of benzene rings is 1. The number of nitrogens with zero attached hydrogens (tertiary/aromatic N) is 4. The molecule has 7 heteroatoms. The number of fused-ring (bicyclic) bond motifs is 1. The molecule has 0 aliphatic carbocycles. The predicted molar refractivity (Wildman–Crippen MR) is 77.8 cm³/mol. The van der Waals surface area contributed by atoms with Gasteiger partial charge in [-0.3, -0.25) is 10.1 Å². The second-order valence-corrected chi connectivity index (χ2v) is 4.38. The van der Waals surface area contributed by atoms with Gasteiger partial charge in [0.05, 0.1) is 22.7 Å². The molecule has 0 saturated carbocycles. The summed E-state index contributed by atoms with van der Waals surface area (Å²) in [6, 6.07) is 10.0. The number of aromatic nitrogens is 3. The average Bonchev–Trinajstić information content (AvgIpc) is 2.53. The molecule has 0 saturated heterocycles. The molecule has 1 N–H and O–H groups in total. The van der Waals surface area contributed by atoms with Crippen LogP contribution in [-0.2, 0) is 6.54 Å². The number of nitrogens with one attached hydrogen (secondary N) is 1. The molecule has 0 fully saturated rings. The fourth-order valence-corrected chi connectivity index (χ4v) is 1.93. The first-order chi connectivity index (χ1) is 10.2. The number of hydrogen-bond donors (Lipinski definition) is 1. The molecular formula is C14H11N5O2. The maximum Gasteiger partial charge on any atom is 0.270 e. The molecule has 0 aliphatic rings. The third kappa shape index (κ3) is 2.92. The van der Waals surface area contributed by atoms with E-state index in [9.17, 15) is 10.1 Å². The summed E-state index contributed by atoms with van der Waals surface area (Å²) in [5.41, 5.74) is 1.62. The summed E-state index contributed by atoms with van der Waals surface area (Å²) in [5.74, 6) is 0.690. The number of pyridine rings is 1. The molecule has 3 rings (SSSR count). The lowest BCUT2D eigenvalue weighted by molar-refractivity contribution is -0.384. The van der Waals surface area contributed by atoms with Crippen LogP contribution >= 0.6 is 0 Å². The van der Waals surface area contributed by atoms with Crippen LogP contribution in [0.25, 0.3) is 10.9 Å². The summed E-state index contributed by atoms with van der Waals surface area (Å²) in [6.45, 7) is 0.536. The van der Waals surface area contributed by atoms with Crippen LogP contribution in [0.1, 0.15) is 5.69 Å². The molecular weight excluding hydrogens is 270 g/mol. The van der Waals surface area contributed by atoms with Crippen LogP contribution in [0.2, 0.25) is 0 Å². The minimum absolute atomic E-state index is 0.0611. The average molecular weight is 281 g/mol. The van der Waals surface area contributed by atoms with Crippen LogP contribution in [-0.4, -0.2) is 19.9 Å². The Hall–Kier alpha value is -3.09. The number of nitro benzene ring substituents is 1. The summed E-state index contributed by atoms with van der Waals surface area (Å²) in [4.78, 5) is 22.7. The Kier molecular flexibility index (Phi) is 3.38. The molecule has 0 unspecified atom stereocenters. The number of hydrogen-bond acceptors (Lipinski definition) is 6. The highest BCUT2D eigenvalue weighted by Crippen LogP contribution is 2.21. The van der Waals surface area contributed by atoms with Gasteiger partial charge in [-0.05, 0) is 24.3 Å². The van der Waals surface area contributed by atoms with E-state index in [0.29, 0.717) is 17.9 Å². The van der Waals surface area contributed by atoms with Gasteiger partial charge in [0.2, 0.25) is 0 Å². The smallest absolute Gasteiger partial charge is 0.270 e. The van der Waals surface area contributed by atoms with Gasteiger partial charge in [-0.15, -0.1) is 0 Å². The van der Waals surface area contributed by atoms with E-state index in [4.69, 9.17) is 0 Å². The fourth-order valence-electron chi connectivity index (χ4n) is 1.93. The minimum atomic E-state index is -0.416. The molecule has 0 aliphatic heterocycles. The van der Waals surface area contributed by atoms with Gasteiger partial charge in [0, 0.05) is 23.7 Å².